The first-order chi connectivity index (χ1) is 12.7. The quantitative estimate of drug-likeness (QED) is 0.784. The second kappa shape index (κ2) is 6.76. The molecule has 0 radical (unpaired) electrons. The molecule has 4 rings (SSSR count). The van der Waals surface area contributed by atoms with Crippen LogP contribution in [0.5, 0.6) is 0 Å². The van der Waals surface area contributed by atoms with Gasteiger partial charge in [-0.05, 0) is 31.2 Å². The van der Waals surface area contributed by atoms with Crippen molar-refractivity contribution in [2.45, 2.75) is 13.0 Å². The van der Waals surface area contributed by atoms with Crippen molar-refractivity contribution in [2.24, 2.45) is 0 Å². The highest BCUT2D eigenvalue weighted by molar-refractivity contribution is 5.93. The minimum absolute atomic E-state index is 0.0776. The van der Waals surface area contributed by atoms with Crippen LogP contribution in [0, 0.1) is 6.92 Å². The maximum absolute atomic E-state index is 12.9. The van der Waals surface area contributed by atoms with Gasteiger partial charge in [-0.3, -0.25) is 4.79 Å². The SMILES string of the molecule is CNc1cccc([C@H]2CN(C(=O)c3cn4c(C)cccc4n3)CCO2)n1. The Morgan fingerprint density at radius 2 is 2.08 bits per heavy atom. The summed E-state index contributed by atoms with van der Waals surface area (Å²) in [6, 6.07) is 11.6. The van der Waals surface area contributed by atoms with Gasteiger partial charge in [-0.15, -0.1) is 0 Å². The zero-order chi connectivity index (χ0) is 18.1. The van der Waals surface area contributed by atoms with E-state index < -0.39 is 0 Å². The van der Waals surface area contributed by atoms with Crippen LogP contribution in [0.15, 0.2) is 42.6 Å². The number of hydrogen-bond acceptors (Lipinski definition) is 5. The Balaban J connectivity index is 1.56. The van der Waals surface area contributed by atoms with Crippen LogP contribution in [0.25, 0.3) is 5.65 Å². The Kier molecular flexibility index (Phi) is 4.30. The third-order valence-electron chi connectivity index (χ3n) is 4.63. The van der Waals surface area contributed by atoms with E-state index in [1.54, 1.807) is 11.1 Å². The maximum Gasteiger partial charge on any atom is 0.274 e. The number of imidazole rings is 1. The normalized spacial score (nSPS) is 17.5. The summed E-state index contributed by atoms with van der Waals surface area (Å²) in [4.78, 5) is 23.7. The minimum atomic E-state index is -0.236. The van der Waals surface area contributed by atoms with E-state index in [-0.39, 0.29) is 12.0 Å². The van der Waals surface area contributed by atoms with Gasteiger partial charge in [0, 0.05) is 25.5 Å². The van der Waals surface area contributed by atoms with E-state index in [2.05, 4.69) is 15.3 Å². The van der Waals surface area contributed by atoms with E-state index in [1.165, 1.54) is 0 Å². The molecular weight excluding hydrogens is 330 g/mol. The fourth-order valence-corrected chi connectivity index (χ4v) is 3.20. The number of nitrogens with one attached hydrogen (secondary N) is 1. The molecule has 1 saturated heterocycles. The van der Waals surface area contributed by atoms with Gasteiger partial charge < -0.3 is 19.4 Å². The summed E-state index contributed by atoms with van der Waals surface area (Å²) in [7, 11) is 1.83. The molecule has 1 aliphatic rings. The predicted molar refractivity (Wildman–Crippen MR) is 98.3 cm³/mol. The molecule has 0 bridgehead atoms. The lowest BCUT2D eigenvalue weighted by Crippen LogP contribution is -2.42. The molecule has 1 fully saturated rings. The number of nitrogens with zero attached hydrogens (tertiary/aromatic N) is 4. The third kappa shape index (κ3) is 3.01. The largest absolute Gasteiger partial charge is 0.373 e. The van der Waals surface area contributed by atoms with Crippen molar-refractivity contribution in [3.05, 3.63) is 59.7 Å². The fraction of sp³-hybridized carbons (Fsp3) is 0.316. The van der Waals surface area contributed by atoms with Crippen LogP contribution >= 0.6 is 0 Å². The van der Waals surface area contributed by atoms with Crippen LogP contribution in [-0.2, 0) is 4.74 Å². The summed E-state index contributed by atoms with van der Waals surface area (Å²) in [6.07, 6.45) is 1.57. The van der Waals surface area contributed by atoms with Crippen molar-refractivity contribution in [3.63, 3.8) is 0 Å². The molecule has 0 aromatic carbocycles. The number of ether oxygens (including phenoxy) is 1. The summed E-state index contributed by atoms with van der Waals surface area (Å²) in [6.45, 7) is 3.49. The Bertz CT molecular complexity index is 952. The van der Waals surface area contributed by atoms with E-state index in [1.807, 2.05) is 54.8 Å². The van der Waals surface area contributed by atoms with E-state index >= 15 is 0 Å². The van der Waals surface area contributed by atoms with E-state index in [4.69, 9.17) is 4.74 Å². The summed E-state index contributed by atoms with van der Waals surface area (Å²) >= 11 is 0. The monoisotopic (exact) mass is 351 g/mol. The minimum Gasteiger partial charge on any atom is -0.373 e. The molecular formula is C19H21N5O2. The highest BCUT2D eigenvalue weighted by atomic mass is 16.5. The number of carbonyl (C=O) groups is 1. The average molecular weight is 351 g/mol. The fourth-order valence-electron chi connectivity index (χ4n) is 3.20. The van der Waals surface area contributed by atoms with Gasteiger partial charge in [0.25, 0.3) is 5.91 Å². The molecule has 3 aromatic heterocycles. The van der Waals surface area contributed by atoms with Crippen LogP contribution in [0.2, 0.25) is 0 Å². The van der Waals surface area contributed by atoms with Crippen molar-refractivity contribution >= 4 is 17.4 Å². The number of rotatable bonds is 3. The number of aromatic nitrogens is 3. The number of hydrogen-bond donors (Lipinski definition) is 1. The van der Waals surface area contributed by atoms with Gasteiger partial charge in [-0.1, -0.05) is 12.1 Å². The summed E-state index contributed by atoms with van der Waals surface area (Å²) < 4.78 is 7.78. The third-order valence-corrected chi connectivity index (χ3v) is 4.63. The molecule has 0 aliphatic carbocycles. The molecule has 0 unspecified atom stereocenters. The molecule has 1 amide bonds. The molecule has 1 N–H and O–H groups in total. The van der Waals surface area contributed by atoms with Gasteiger partial charge in [0.15, 0.2) is 0 Å². The Labute approximate surface area is 151 Å². The van der Waals surface area contributed by atoms with Crippen molar-refractivity contribution < 1.29 is 9.53 Å². The Morgan fingerprint density at radius 1 is 1.23 bits per heavy atom. The highest BCUT2D eigenvalue weighted by Gasteiger charge is 2.28. The smallest absolute Gasteiger partial charge is 0.274 e. The van der Waals surface area contributed by atoms with E-state index in [0.29, 0.717) is 25.4 Å². The second-order valence-corrected chi connectivity index (χ2v) is 6.33. The van der Waals surface area contributed by atoms with Gasteiger partial charge in [-0.2, -0.15) is 0 Å². The lowest BCUT2D eigenvalue weighted by Gasteiger charge is -2.32. The van der Waals surface area contributed by atoms with Crippen LogP contribution in [0.4, 0.5) is 5.82 Å². The molecule has 3 aromatic rings. The van der Waals surface area contributed by atoms with Crippen molar-refractivity contribution in [1.29, 1.82) is 0 Å². The molecule has 26 heavy (non-hydrogen) atoms. The zero-order valence-corrected chi connectivity index (χ0v) is 14.8. The molecule has 134 valence electrons. The van der Waals surface area contributed by atoms with Gasteiger partial charge >= 0.3 is 0 Å². The first kappa shape index (κ1) is 16.5. The molecule has 7 heteroatoms. The number of amides is 1. The predicted octanol–water partition coefficient (Wildman–Crippen LogP) is 2.29. The highest BCUT2D eigenvalue weighted by Crippen LogP contribution is 2.23. The number of fused-ring (bicyclic) bond motifs is 1. The Hall–Kier alpha value is -2.93. The van der Waals surface area contributed by atoms with Gasteiger partial charge in [0.05, 0.1) is 18.8 Å². The summed E-state index contributed by atoms with van der Waals surface area (Å²) in [5.74, 6) is 0.705. The Morgan fingerprint density at radius 3 is 2.88 bits per heavy atom. The van der Waals surface area contributed by atoms with Crippen LogP contribution in [0.3, 0.4) is 0 Å². The van der Waals surface area contributed by atoms with Crippen molar-refractivity contribution in [1.82, 2.24) is 19.3 Å². The molecule has 1 atom stereocenters. The number of morpholine rings is 1. The first-order valence-electron chi connectivity index (χ1n) is 8.66. The lowest BCUT2D eigenvalue weighted by molar-refractivity contribution is -0.0248. The average Bonchev–Trinajstić information content (AvgIpc) is 3.13. The standard InChI is InChI=1S/C19H21N5O2/c1-13-5-3-8-18-22-15(11-24(13)18)19(25)23-9-10-26-16(12-23)14-6-4-7-17(20-2)21-14/h3-8,11,16H,9-10,12H2,1-2H3,(H,20,21)/t16-/m1/s1. The van der Waals surface area contributed by atoms with Crippen molar-refractivity contribution in [2.75, 3.05) is 32.1 Å². The first-order valence-corrected chi connectivity index (χ1v) is 8.66. The molecule has 0 spiro atoms. The topological polar surface area (TPSA) is 71.8 Å². The molecule has 0 saturated carbocycles. The van der Waals surface area contributed by atoms with Gasteiger partial charge in [0.1, 0.15) is 23.3 Å². The van der Waals surface area contributed by atoms with Crippen LogP contribution in [-0.4, -0.2) is 51.9 Å². The van der Waals surface area contributed by atoms with E-state index in [0.717, 1.165) is 22.9 Å². The number of aryl methyl sites for hydroxylation is 1. The number of anilines is 1. The second-order valence-electron chi connectivity index (χ2n) is 6.33. The van der Waals surface area contributed by atoms with Crippen LogP contribution in [0.1, 0.15) is 28.0 Å². The van der Waals surface area contributed by atoms with Gasteiger partial charge in [-0.25, -0.2) is 9.97 Å². The maximum atomic E-state index is 12.9. The van der Waals surface area contributed by atoms with E-state index in [9.17, 15) is 4.79 Å². The van der Waals surface area contributed by atoms with Crippen molar-refractivity contribution in [3.8, 4) is 0 Å². The molecule has 4 heterocycles. The molecule has 1 aliphatic heterocycles. The van der Waals surface area contributed by atoms with Gasteiger partial charge in [0.2, 0.25) is 0 Å². The number of pyridine rings is 2. The number of carbonyl (C=O) groups excluding carboxylic acids is 1. The summed E-state index contributed by atoms with van der Waals surface area (Å²) in [5, 5.41) is 3.03. The zero-order valence-electron chi connectivity index (χ0n) is 14.8. The molecule has 7 nitrogen and oxygen atoms in total. The van der Waals surface area contributed by atoms with Crippen LogP contribution < -0.4 is 5.32 Å². The summed E-state index contributed by atoms with van der Waals surface area (Å²) in [5.41, 5.74) is 3.10. The lowest BCUT2D eigenvalue weighted by atomic mass is 10.1.